The molecule has 0 N–H and O–H groups in total. The molecule has 3 rings (SSSR count). The summed E-state index contributed by atoms with van der Waals surface area (Å²) in [6.07, 6.45) is 0. The lowest BCUT2D eigenvalue weighted by Crippen LogP contribution is -2.55. The Balaban J connectivity index is 1.86. The van der Waals surface area contributed by atoms with Crippen LogP contribution >= 0.6 is 0 Å². The number of piperazine rings is 1. The van der Waals surface area contributed by atoms with E-state index in [4.69, 9.17) is 4.74 Å². The largest absolute Gasteiger partial charge is 0.497 e. The highest BCUT2D eigenvalue weighted by molar-refractivity contribution is 7.96. The molecular weight excluding hydrogens is 392 g/mol. The third kappa shape index (κ3) is 4.12. The number of nitrogens with zero attached hydrogens (tertiary/aromatic N) is 2. The summed E-state index contributed by atoms with van der Waals surface area (Å²) in [7, 11) is -5.78. The van der Waals surface area contributed by atoms with E-state index >= 15 is 0 Å². The van der Waals surface area contributed by atoms with E-state index in [1.165, 1.54) is 26.2 Å². The fraction of sp³-hybridized carbons (Fsp3) is 0.588. The molecule has 0 unspecified atom stereocenters. The zero-order valence-electron chi connectivity index (χ0n) is 15.4. The van der Waals surface area contributed by atoms with Gasteiger partial charge >= 0.3 is 0 Å². The van der Waals surface area contributed by atoms with Gasteiger partial charge in [0.2, 0.25) is 5.91 Å². The topological polar surface area (TPSA) is 101 Å². The van der Waals surface area contributed by atoms with Gasteiger partial charge in [-0.05, 0) is 24.3 Å². The van der Waals surface area contributed by atoms with Crippen LogP contribution in [-0.2, 0) is 24.5 Å². The number of carbonyl (C=O) groups is 1. The third-order valence-electron chi connectivity index (χ3n) is 5.29. The van der Waals surface area contributed by atoms with Gasteiger partial charge < -0.3 is 9.64 Å². The summed E-state index contributed by atoms with van der Waals surface area (Å²) in [6, 6.07) is 5.40. The molecule has 2 saturated heterocycles. The summed E-state index contributed by atoms with van der Waals surface area (Å²) in [6.45, 7) is 3.37. The predicted molar refractivity (Wildman–Crippen MR) is 100 cm³/mol. The third-order valence-corrected chi connectivity index (χ3v) is 9.42. The molecular formula is C17H24N2O6S2. The van der Waals surface area contributed by atoms with E-state index in [0.717, 1.165) is 0 Å². The molecule has 2 aliphatic rings. The number of sulfone groups is 2. The van der Waals surface area contributed by atoms with Crippen molar-refractivity contribution in [1.82, 2.24) is 9.80 Å². The minimum absolute atomic E-state index is 0.0314. The maximum atomic E-state index is 13.2. The van der Waals surface area contributed by atoms with Crippen molar-refractivity contribution < 1.29 is 26.4 Å². The molecule has 0 spiro atoms. The molecule has 2 heterocycles. The lowest BCUT2D eigenvalue weighted by molar-refractivity contribution is -0.130. The van der Waals surface area contributed by atoms with E-state index in [1.54, 1.807) is 17.0 Å². The maximum absolute atomic E-state index is 13.2. The summed E-state index contributed by atoms with van der Waals surface area (Å²) in [5.41, 5.74) is 0. The SMILES string of the molecule is COc1ccc(S(=O)(=O)[C@H]2CS(=O)(=O)C[C@@H]2N2CCN(C(C)=O)CC2)cc1. The Labute approximate surface area is 159 Å². The molecule has 1 aromatic carbocycles. The van der Waals surface area contributed by atoms with Crippen LogP contribution in [-0.4, -0.2) is 88.6 Å². The number of carbonyl (C=O) groups excluding carboxylic acids is 1. The molecule has 27 heavy (non-hydrogen) atoms. The molecule has 0 aliphatic carbocycles. The maximum Gasteiger partial charge on any atom is 0.219 e. The number of hydrogen-bond acceptors (Lipinski definition) is 7. The van der Waals surface area contributed by atoms with Crippen molar-refractivity contribution in [3.05, 3.63) is 24.3 Å². The van der Waals surface area contributed by atoms with Crippen LogP contribution < -0.4 is 4.74 Å². The average Bonchev–Trinajstić information content (AvgIpc) is 2.98. The molecule has 1 amide bonds. The number of rotatable bonds is 4. The molecule has 0 bridgehead atoms. The van der Waals surface area contributed by atoms with Crippen molar-refractivity contribution in [2.75, 3.05) is 44.8 Å². The number of methoxy groups -OCH3 is 1. The van der Waals surface area contributed by atoms with Crippen LogP contribution in [0.4, 0.5) is 0 Å². The molecule has 0 radical (unpaired) electrons. The zero-order valence-corrected chi connectivity index (χ0v) is 17.0. The van der Waals surface area contributed by atoms with Crippen LogP contribution in [0.25, 0.3) is 0 Å². The van der Waals surface area contributed by atoms with Gasteiger partial charge in [0.1, 0.15) is 5.75 Å². The zero-order chi connectivity index (χ0) is 19.8. The van der Waals surface area contributed by atoms with Gasteiger partial charge in [-0.3, -0.25) is 9.69 Å². The van der Waals surface area contributed by atoms with Gasteiger partial charge in [0, 0.05) is 39.1 Å². The highest BCUT2D eigenvalue weighted by atomic mass is 32.2. The van der Waals surface area contributed by atoms with Crippen molar-refractivity contribution in [2.24, 2.45) is 0 Å². The Morgan fingerprint density at radius 3 is 2.19 bits per heavy atom. The van der Waals surface area contributed by atoms with Crippen LogP contribution in [0.3, 0.4) is 0 Å². The molecule has 1 aromatic rings. The Kier molecular flexibility index (Phi) is 5.51. The van der Waals surface area contributed by atoms with Gasteiger partial charge in [-0.1, -0.05) is 0 Å². The second kappa shape index (κ2) is 7.40. The van der Waals surface area contributed by atoms with Gasteiger partial charge in [0.15, 0.2) is 19.7 Å². The minimum atomic E-state index is -3.82. The molecule has 0 aromatic heterocycles. The van der Waals surface area contributed by atoms with E-state index < -0.39 is 31.0 Å². The van der Waals surface area contributed by atoms with Crippen LogP contribution in [0.1, 0.15) is 6.92 Å². The molecule has 10 heteroatoms. The van der Waals surface area contributed by atoms with Crippen molar-refractivity contribution in [2.45, 2.75) is 23.1 Å². The monoisotopic (exact) mass is 416 g/mol. The second-order valence-electron chi connectivity index (χ2n) is 6.95. The summed E-state index contributed by atoms with van der Waals surface area (Å²) in [5.74, 6) is -0.0486. The van der Waals surface area contributed by atoms with Gasteiger partial charge in [-0.2, -0.15) is 0 Å². The highest BCUT2D eigenvalue weighted by Crippen LogP contribution is 2.30. The first-order valence-corrected chi connectivity index (χ1v) is 12.1. The fourth-order valence-corrected chi connectivity index (χ4v) is 8.57. The summed E-state index contributed by atoms with van der Waals surface area (Å²) < 4.78 is 55.9. The first-order chi connectivity index (χ1) is 12.6. The highest BCUT2D eigenvalue weighted by Gasteiger charge is 2.48. The number of ether oxygens (including phenoxy) is 1. The predicted octanol–water partition coefficient (Wildman–Crippen LogP) is -0.201. The second-order valence-corrected chi connectivity index (χ2v) is 11.3. The van der Waals surface area contributed by atoms with Gasteiger partial charge in [0.25, 0.3) is 0 Å². The molecule has 0 saturated carbocycles. The minimum Gasteiger partial charge on any atom is -0.497 e. The van der Waals surface area contributed by atoms with Crippen molar-refractivity contribution in [3.8, 4) is 5.75 Å². The van der Waals surface area contributed by atoms with Crippen molar-refractivity contribution >= 4 is 25.6 Å². The standard InChI is InChI=1S/C17H24N2O6S2/c1-13(20)18-7-9-19(10-8-18)16-11-26(21,22)12-17(16)27(23,24)15-5-3-14(25-2)4-6-15/h3-6,16-17H,7-12H2,1-2H3/t16-,17-/m0/s1. The smallest absolute Gasteiger partial charge is 0.219 e. The molecule has 2 fully saturated rings. The number of benzene rings is 1. The van der Waals surface area contributed by atoms with E-state index in [9.17, 15) is 21.6 Å². The normalized spacial score (nSPS) is 26.1. The molecule has 2 atom stereocenters. The lowest BCUT2D eigenvalue weighted by Gasteiger charge is -2.39. The number of hydrogen-bond donors (Lipinski definition) is 0. The van der Waals surface area contributed by atoms with Gasteiger partial charge in [0.05, 0.1) is 28.8 Å². The Morgan fingerprint density at radius 1 is 1.07 bits per heavy atom. The summed E-state index contributed by atoms with van der Waals surface area (Å²) >= 11 is 0. The first kappa shape index (κ1) is 20.1. The molecule has 8 nitrogen and oxygen atoms in total. The van der Waals surface area contributed by atoms with Gasteiger partial charge in [-0.25, -0.2) is 16.8 Å². The van der Waals surface area contributed by atoms with E-state index in [-0.39, 0.29) is 22.3 Å². The van der Waals surface area contributed by atoms with Crippen LogP contribution in [0.2, 0.25) is 0 Å². The van der Waals surface area contributed by atoms with Crippen LogP contribution in [0.15, 0.2) is 29.2 Å². The lowest BCUT2D eigenvalue weighted by atomic mass is 10.2. The summed E-state index contributed by atoms with van der Waals surface area (Å²) in [4.78, 5) is 15.2. The first-order valence-electron chi connectivity index (χ1n) is 8.72. The molecule has 2 aliphatic heterocycles. The average molecular weight is 417 g/mol. The van der Waals surface area contributed by atoms with Crippen molar-refractivity contribution in [3.63, 3.8) is 0 Å². The quantitative estimate of drug-likeness (QED) is 0.670. The number of amides is 1. The van der Waals surface area contributed by atoms with E-state index in [2.05, 4.69) is 0 Å². The van der Waals surface area contributed by atoms with Crippen LogP contribution in [0, 0.1) is 0 Å². The van der Waals surface area contributed by atoms with Gasteiger partial charge in [-0.15, -0.1) is 0 Å². The Bertz CT molecular complexity index is 903. The molecule has 150 valence electrons. The van der Waals surface area contributed by atoms with Crippen LogP contribution in [0.5, 0.6) is 5.75 Å². The Hall–Kier alpha value is -1.65. The fourth-order valence-electron chi connectivity index (χ4n) is 3.74. The summed E-state index contributed by atoms with van der Waals surface area (Å²) in [5, 5.41) is -1.01. The van der Waals surface area contributed by atoms with E-state index in [0.29, 0.717) is 31.9 Å². The Morgan fingerprint density at radius 2 is 1.67 bits per heavy atom. The van der Waals surface area contributed by atoms with Crippen molar-refractivity contribution in [1.29, 1.82) is 0 Å². The van der Waals surface area contributed by atoms with E-state index in [1.807, 2.05) is 4.90 Å².